The Kier molecular flexibility index (Phi) is 7.27. The molecule has 0 aliphatic carbocycles. The number of aliphatic imine (C=N–C) groups is 1. The second-order valence-corrected chi connectivity index (χ2v) is 7.57. The van der Waals surface area contributed by atoms with E-state index in [0.717, 1.165) is 31.7 Å². The topological polar surface area (TPSA) is 47.9 Å². The van der Waals surface area contributed by atoms with Gasteiger partial charge in [-0.3, -0.25) is 4.99 Å². The predicted molar refractivity (Wildman–Crippen MR) is 109 cm³/mol. The summed E-state index contributed by atoms with van der Waals surface area (Å²) >= 11 is 0. The number of allylic oxidation sites excluding steroid dienone is 1. The van der Waals surface area contributed by atoms with Gasteiger partial charge in [0.05, 0.1) is 0 Å². The van der Waals surface area contributed by atoms with Crippen molar-refractivity contribution in [3.63, 3.8) is 0 Å². The van der Waals surface area contributed by atoms with E-state index >= 15 is 0 Å². The van der Waals surface area contributed by atoms with Gasteiger partial charge in [-0.25, -0.2) is 0 Å². The first-order valence-corrected chi connectivity index (χ1v) is 10.2. The Morgan fingerprint density at radius 3 is 2.65 bits per heavy atom. The van der Waals surface area contributed by atoms with Gasteiger partial charge in [0.25, 0.3) is 0 Å². The van der Waals surface area contributed by atoms with Gasteiger partial charge in [0, 0.05) is 37.2 Å². The highest BCUT2D eigenvalue weighted by Gasteiger charge is 2.19. The third-order valence-corrected chi connectivity index (χ3v) is 5.68. The van der Waals surface area contributed by atoms with E-state index in [4.69, 9.17) is 5.11 Å². The lowest BCUT2D eigenvalue weighted by Crippen LogP contribution is -2.32. The molecular weight excluding hydrogens is 322 g/mol. The lowest BCUT2D eigenvalue weighted by Gasteiger charge is -2.31. The Morgan fingerprint density at radius 2 is 1.96 bits per heavy atom. The molecule has 0 spiro atoms. The number of hydrogen-bond acceptors (Lipinski definition) is 4. The van der Waals surface area contributed by atoms with Crippen LogP contribution in [0.25, 0.3) is 0 Å². The first-order chi connectivity index (χ1) is 12.8. The average Bonchev–Trinajstić information content (AvgIpc) is 2.69. The molecule has 142 valence electrons. The van der Waals surface area contributed by atoms with E-state index in [1.54, 1.807) is 0 Å². The number of benzene rings is 1. The zero-order valence-corrected chi connectivity index (χ0v) is 16.0. The Labute approximate surface area is 158 Å². The van der Waals surface area contributed by atoms with Crippen molar-refractivity contribution in [3.05, 3.63) is 47.3 Å². The summed E-state index contributed by atoms with van der Waals surface area (Å²) in [5, 5.41) is 12.3. The fraction of sp³-hybridized carbons (Fsp3) is 0.591. The smallest absolute Gasteiger partial charge is 0.0453 e. The van der Waals surface area contributed by atoms with Gasteiger partial charge in [-0.2, -0.15) is 0 Å². The molecule has 1 fully saturated rings. The van der Waals surface area contributed by atoms with E-state index in [2.05, 4.69) is 52.6 Å². The van der Waals surface area contributed by atoms with Crippen LogP contribution < -0.4 is 5.32 Å². The molecule has 1 aromatic carbocycles. The van der Waals surface area contributed by atoms with Crippen molar-refractivity contribution in [3.8, 4) is 0 Å². The summed E-state index contributed by atoms with van der Waals surface area (Å²) in [7, 11) is 0. The maximum atomic E-state index is 8.89. The molecule has 0 bridgehead atoms. The van der Waals surface area contributed by atoms with E-state index in [0.29, 0.717) is 5.92 Å². The summed E-state index contributed by atoms with van der Waals surface area (Å²) in [6, 6.07) is 9.31. The highest BCUT2D eigenvalue weighted by Crippen LogP contribution is 2.28. The summed E-state index contributed by atoms with van der Waals surface area (Å²) in [6.45, 7) is 6.96. The summed E-state index contributed by atoms with van der Waals surface area (Å²) in [4.78, 5) is 6.95. The minimum Gasteiger partial charge on any atom is -0.396 e. The quantitative estimate of drug-likeness (QED) is 0.703. The minimum atomic E-state index is 0.233. The normalized spacial score (nSPS) is 21.6. The van der Waals surface area contributed by atoms with Gasteiger partial charge >= 0.3 is 0 Å². The molecule has 0 radical (unpaired) electrons. The molecular formula is C22H33N3O. The maximum absolute atomic E-state index is 8.89. The molecule has 2 aliphatic rings. The van der Waals surface area contributed by atoms with Crippen molar-refractivity contribution in [2.24, 2.45) is 10.9 Å². The zero-order valence-electron chi connectivity index (χ0n) is 16.0. The van der Waals surface area contributed by atoms with Crippen molar-refractivity contribution in [2.45, 2.75) is 44.9 Å². The highest BCUT2D eigenvalue weighted by molar-refractivity contribution is 5.64. The third-order valence-electron chi connectivity index (χ3n) is 5.68. The van der Waals surface area contributed by atoms with Crippen LogP contribution in [0.2, 0.25) is 0 Å². The molecule has 2 heterocycles. The summed E-state index contributed by atoms with van der Waals surface area (Å²) < 4.78 is 0. The molecule has 4 heteroatoms. The summed E-state index contributed by atoms with van der Waals surface area (Å²) in [5.41, 5.74) is 4.09. The van der Waals surface area contributed by atoms with Crippen LogP contribution in [0.1, 0.15) is 49.7 Å². The van der Waals surface area contributed by atoms with Crippen LogP contribution in [0.5, 0.6) is 0 Å². The SMILES string of the molecule is CCN1CCC(c2ccc(CC3C=NC=C(NCCCO)C3)cc2)CC1. The zero-order chi connectivity index (χ0) is 18.2. The van der Waals surface area contributed by atoms with Gasteiger partial charge in [-0.15, -0.1) is 0 Å². The molecule has 3 rings (SSSR count). The molecule has 2 aliphatic heterocycles. The second kappa shape index (κ2) is 9.89. The molecule has 26 heavy (non-hydrogen) atoms. The third kappa shape index (κ3) is 5.42. The molecule has 4 nitrogen and oxygen atoms in total. The van der Waals surface area contributed by atoms with Crippen molar-refractivity contribution in [1.29, 1.82) is 0 Å². The number of likely N-dealkylation sites (tertiary alicyclic amines) is 1. The van der Waals surface area contributed by atoms with Gasteiger partial charge in [0.2, 0.25) is 0 Å². The summed E-state index contributed by atoms with van der Waals surface area (Å²) in [5.74, 6) is 1.18. The van der Waals surface area contributed by atoms with E-state index in [-0.39, 0.29) is 6.61 Å². The number of aliphatic hydroxyl groups is 1. The predicted octanol–water partition coefficient (Wildman–Crippen LogP) is 3.33. The fourth-order valence-corrected chi connectivity index (χ4v) is 4.02. The van der Waals surface area contributed by atoms with Crippen LogP contribution >= 0.6 is 0 Å². The molecule has 1 saturated heterocycles. The molecule has 0 saturated carbocycles. The first-order valence-electron chi connectivity index (χ1n) is 10.2. The van der Waals surface area contributed by atoms with E-state index in [1.807, 2.05) is 6.20 Å². The average molecular weight is 356 g/mol. The molecule has 2 N–H and O–H groups in total. The van der Waals surface area contributed by atoms with Gasteiger partial charge in [0.15, 0.2) is 0 Å². The number of nitrogens with one attached hydrogen (secondary N) is 1. The molecule has 0 aromatic heterocycles. The van der Waals surface area contributed by atoms with Gasteiger partial charge in [0.1, 0.15) is 0 Å². The van der Waals surface area contributed by atoms with Crippen molar-refractivity contribution in [1.82, 2.24) is 10.2 Å². The summed E-state index contributed by atoms with van der Waals surface area (Å²) in [6.07, 6.45) is 9.39. The van der Waals surface area contributed by atoms with Crippen LogP contribution in [-0.4, -0.2) is 49.0 Å². The Bertz CT molecular complexity index is 600. The van der Waals surface area contributed by atoms with Gasteiger partial charge in [-0.1, -0.05) is 31.2 Å². The Balaban J connectivity index is 1.49. The van der Waals surface area contributed by atoms with Crippen molar-refractivity contribution < 1.29 is 5.11 Å². The monoisotopic (exact) mass is 355 g/mol. The second-order valence-electron chi connectivity index (χ2n) is 7.57. The molecule has 1 aromatic rings. The lowest BCUT2D eigenvalue weighted by atomic mass is 9.88. The van der Waals surface area contributed by atoms with E-state index in [1.165, 1.54) is 49.3 Å². The van der Waals surface area contributed by atoms with Crippen LogP contribution in [-0.2, 0) is 6.42 Å². The maximum Gasteiger partial charge on any atom is 0.0453 e. The fourth-order valence-electron chi connectivity index (χ4n) is 4.02. The van der Waals surface area contributed by atoms with Crippen molar-refractivity contribution in [2.75, 3.05) is 32.8 Å². The molecule has 1 unspecified atom stereocenters. The number of piperidine rings is 1. The number of hydrogen-bond donors (Lipinski definition) is 2. The van der Waals surface area contributed by atoms with Crippen LogP contribution in [0, 0.1) is 5.92 Å². The standard InChI is InChI=1S/C22H33N3O/c1-2-25-11-8-21(9-12-25)20-6-4-18(5-7-20)14-19-15-22(17-23-16-19)24-10-3-13-26/h4-7,16-17,19,21,24,26H,2-3,8-15H2,1H3. The molecule has 1 atom stereocenters. The number of rotatable bonds is 8. The van der Waals surface area contributed by atoms with Gasteiger partial charge < -0.3 is 15.3 Å². The Morgan fingerprint density at radius 1 is 1.19 bits per heavy atom. The lowest BCUT2D eigenvalue weighted by molar-refractivity contribution is 0.222. The van der Waals surface area contributed by atoms with E-state index < -0.39 is 0 Å². The van der Waals surface area contributed by atoms with Crippen LogP contribution in [0.15, 0.2) is 41.2 Å². The first kappa shape index (κ1) is 19.1. The van der Waals surface area contributed by atoms with Crippen LogP contribution in [0.4, 0.5) is 0 Å². The Hall–Kier alpha value is -1.65. The minimum absolute atomic E-state index is 0.233. The number of nitrogens with zero attached hydrogens (tertiary/aromatic N) is 2. The molecule has 0 amide bonds. The van der Waals surface area contributed by atoms with Crippen molar-refractivity contribution >= 4 is 6.21 Å². The largest absolute Gasteiger partial charge is 0.396 e. The number of aliphatic hydroxyl groups excluding tert-OH is 1. The van der Waals surface area contributed by atoms with Crippen LogP contribution in [0.3, 0.4) is 0 Å². The van der Waals surface area contributed by atoms with Gasteiger partial charge in [-0.05, 0) is 68.8 Å². The highest BCUT2D eigenvalue weighted by atomic mass is 16.3. The van der Waals surface area contributed by atoms with E-state index in [9.17, 15) is 0 Å².